The van der Waals surface area contributed by atoms with E-state index in [1.807, 2.05) is 35.2 Å². The van der Waals surface area contributed by atoms with Gasteiger partial charge >= 0.3 is 6.09 Å². The molecule has 0 spiro atoms. The number of benzene rings is 1. The predicted molar refractivity (Wildman–Crippen MR) is 92.2 cm³/mol. The maximum atomic E-state index is 12.5. The molecule has 2 unspecified atom stereocenters. The summed E-state index contributed by atoms with van der Waals surface area (Å²) in [7, 11) is 0. The molecule has 2 aromatic rings. The molecule has 1 aromatic carbocycles. The molecule has 2 aliphatic heterocycles. The summed E-state index contributed by atoms with van der Waals surface area (Å²) in [6, 6.07) is 14.6. The smallest absolute Gasteiger partial charge is 0.410 e. The molecule has 1 fully saturated rings. The van der Waals surface area contributed by atoms with Gasteiger partial charge in [0, 0.05) is 10.9 Å². The van der Waals surface area contributed by atoms with Crippen molar-refractivity contribution in [2.45, 2.75) is 38.0 Å². The molecule has 0 N–H and O–H groups in total. The third kappa shape index (κ3) is 2.91. The second-order valence-corrected chi connectivity index (χ2v) is 7.07. The van der Waals surface area contributed by atoms with Crippen LogP contribution in [-0.2, 0) is 11.3 Å². The van der Waals surface area contributed by atoms with Gasteiger partial charge in [0.25, 0.3) is 0 Å². The summed E-state index contributed by atoms with van der Waals surface area (Å²) in [5, 5.41) is 2.11. The van der Waals surface area contributed by atoms with Gasteiger partial charge in [0.15, 0.2) is 0 Å². The first-order valence-electron chi connectivity index (χ1n) is 8.05. The summed E-state index contributed by atoms with van der Waals surface area (Å²) in [5.41, 5.74) is 2.42. The molecule has 3 nitrogen and oxygen atoms in total. The van der Waals surface area contributed by atoms with Gasteiger partial charge in [-0.15, -0.1) is 11.3 Å². The number of ether oxygens (including phenoxy) is 1. The summed E-state index contributed by atoms with van der Waals surface area (Å²) in [4.78, 5) is 15.8. The lowest BCUT2D eigenvalue weighted by atomic mass is 10.0. The fraction of sp³-hybridized carbons (Fsp3) is 0.316. The van der Waals surface area contributed by atoms with E-state index in [0.717, 1.165) is 24.8 Å². The van der Waals surface area contributed by atoms with Crippen LogP contribution in [0.3, 0.4) is 0 Å². The van der Waals surface area contributed by atoms with Gasteiger partial charge in [-0.2, -0.15) is 0 Å². The minimum Gasteiger partial charge on any atom is -0.445 e. The second-order valence-electron chi connectivity index (χ2n) is 6.12. The fourth-order valence-corrected chi connectivity index (χ4v) is 4.32. The standard InChI is InChI=1S/C19H19NO2S/c21-19(22-13-14-5-2-1-3-6-14)20-16-8-9-17(20)12-15(11-16)18-7-4-10-23-18/h1-7,10-11,16-17H,8-9,12-13H2. The Kier molecular flexibility index (Phi) is 3.92. The quantitative estimate of drug-likeness (QED) is 0.818. The highest BCUT2D eigenvalue weighted by Gasteiger charge is 2.40. The number of carbonyl (C=O) groups excluding carboxylic acids is 1. The Balaban J connectivity index is 1.45. The highest BCUT2D eigenvalue weighted by atomic mass is 32.1. The van der Waals surface area contributed by atoms with Gasteiger partial charge in [-0.25, -0.2) is 4.79 Å². The van der Waals surface area contributed by atoms with Gasteiger partial charge in [0.1, 0.15) is 6.61 Å². The van der Waals surface area contributed by atoms with Crippen molar-refractivity contribution in [3.05, 3.63) is 64.4 Å². The van der Waals surface area contributed by atoms with E-state index in [1.165, 1.54) is 10.5 Å². The lowest BCUT2D eigenvalue weighted by molar-refractivity contribution is 0.0832. The van der Waals surface area contributed by atoms with Crippen molar-refractivity contribution in [3.63, 3.8) is 0 Å². The van der Waals surface area contributed by atoms with Crippen LogP contribution in [0.1, 0.15) is 29.7 Å². The Morgan fingerprint density at radius 1 is 1.17 bits per heavy atom. The number of nitrogens with zero attached hydrogens (tertiary/aromatic N) is 1. The van der Waals surface area contributed by atoms with Crippen LogP contribution in [0, 0.1) is 0 Å². The molecule has 1 aromatic heterocycles. The lowest BCUT2D eigenvalue weighted by Gasteiger charge is -2.33. The molecule has 4 rings (SSSR count). The van der Waals surface area contributed by atoms with Gasteiger partial charge in [-0.3, -0.25) is 4.90 Å². The van der Waals surface area contributed by atoms with Crippen LogP contribution in [0.5, 0.6) is 0 Å². The largest absolute Gasteiger partial charge is 0.445 e. The molecule has 3 heterocycles. The Morgan fingerprint density at radius 3 is 2.78 bits per heavy atom. The van der Waals surface area contributed by atoms with E-state index in [-0.39, 0.29) is 18.2 Å². The molecule has 118 valence electrons. The topological polar surface area (TPSA) is 29.5 Å². The number of thiophene rings is 1. The monoisotopic (exact) mass is 325 g/mol. The van der Waals surface area contributed by atoms with Crippen LogP contribution in [-0.4, -0.2) is 23.1 Å². The highest BCUT2D eigenvalue weighted by molar-refractivity contribution is 7.11. The molecule has 2 aliphatic rings. The number of fused-ring (bicyclic) bond motifs is 2. The predicted octanol–water partition coefficient (Wildman–Crippen LogP) is 4.71. The molecule has 0 saturated carbocycles. The third-order valence-corrected chi connectivity index (χ3v) is 5.59. The molecule has 0 radical (unpaired) electrons. The number of hydrogen-bond donors (Lipinski definition) is 0. The van der Waals surface area contributed by atoms with E-state index in [0.29, 0.717) is 6.61 Å². The van der Waals surface area contributed by atoms with Crippen molar-refractivity contribution in [3.8, 4) is 0 Å². The van der Waals surface area contributed by atoms with E-state index >= 15 is 0 Å². The zero-order chi connectivity index (χ0) is 15.6. The van der Waals surface area contributed by atoms with E-state index in [1.54, 1.807) is 11.3 Å². The van der Waals surface area contributed by atoms with E-state index < -0.39 is 0 Å². The van der Waals surface area contributed by atoms with Gasteiger partial charge in [-0.1, -0.05) is 42.5 Å². The van der Waals surface area contributed by atoms with E-state index in [9.17, 15) is 4.79 Å². The first-order valence-corrected chi connectivity index (χ1v) is 8.93. The van der Waals surface area contributed by atoms with Crippen molar-refractivity contribution in [1.29, 1.82) is 0 Å². The Labute approximate surface area is 140 Å². The van der Waals surface area contributed by atoms with Crippen LogP contribution in [0.4, 0.5) is 4.79 Å². The van der Waals surface area contributed by atoms with Crippen LogP contribution >= 0.6 is 11.3 Å². The molecule has 2 atom stereocenters. The van der Waals surface area contributed by atoms with Crippen LogP contribution < -0.4 is 0 Å². The number of rotatable bonds is 3. The van der Waals surface area contributed by atoms with Gasteiger partial charge < -0.3 is 4.74 Å². The summed E-state index contributed by atoms with van der Waals surface area (Å²) in [6.45, 7) is 0.344. The maximum Gasteiger partial charge on any atom is 0.410 e. The van der Waals surface area contributed by atoms with Crippen molar-refractivity contribution < 1.29 is 9.53 Å². The molecule has 4 heteroatoms. The van der Waals surface area contributed by atoms with E-state index in [2.05, 4.69) is 23.6 Å². The minimum atomic E-state index is -0.178. The molecule has 1 amide bonds. The first kappa shape index (κ1) is 14.5. The van der Waals surface area contributed by atoms with Crippen LogP contribution in [0.15, 0.2) is 53.9 Å². The molecule has 23 heavy (non-hydrogen) atoms. The molecule has 1 saturated heterocycles. The van der Waals surface area contributed by atoms with Gasteiger partial charge in [0.2, 0.25) is 0 Å². The third-order valence-electron chi connectivity index (χ3n) is 4.65. The Bertz CT molecular complexity index is 708. The van der Waals surface area contributed by atoms with E-state index in [4.69, 9.17) is 4.74 Å². The average Bonchev–Trinajstić information content (AvgIpc) is 3.20. The zero-order valence-corrected chi connectivity index (χ0v) is 13.7. The SMILES string of the molecule is O=C(OCc1ccccc1)N1C2C=C(c3cccs3)CC1CC2. The van der Waals surface area contributed by atoms with Crippen LogP contribution in [0.2, 0.25) is 0 Å². The maximum absolute atomic E-state index is 12.5. The minimum absolute atomic E-state index is 0.178. The normalized spacial score (nSPS) is 22.8. The van der Waals surface area contributed by atoms with Crippen molar-refractivity contribution in [2.24, 2.45) is 0 Å². The summed E-state index contributed by atoms with van der Waals surface area (Å²) < 4.78 is 5.53. The summed E-state index contributed by atoms with van der Waals surface area (Å²) in [6.07, 6.45) is 5.13. The second kappa shape index (κ2) is 6.20. The summed E-state index contributed by atoms with van der Waals surface area (Å²) >= 11 is 1.78. The van der Waals surface area contributed by atoms with Crippen molar-refractivity contribution in [2.75, 3.05) is 0 Å². The average molecular weight is 325 g/mol. The highest BCUT2D eigenvalue weighted by Crippen LogP contribution is 2.40. The first-order chi connectivity index (χ1) is 11.3. The number of hydrogen-bond acceptors (Lipinski definition) is 3. The van der Waals surface area contributed by atoms with Gasteiger partial charge in [-0.05, 0) is 41.8 Å². The van der Waals surface area contributed by atoms with Crippen LogP contribution in [0.25, 0.3) is 5.57 Å². The zero-order valence-electron chi connectivity index (χ0n) is 12.9. The number of amides is 1. The summed E-state index contributed by atoms with van der Waals surface area (Å²) in [5.74, 6) is 0. The Hall–Kier alpha value is -2.07. The Morgan fingerprint density at radius 2 is 2.04 bits per heavy atom. The molecular weight excluding hydrogens is 306 g/mol. The molecule has 2 bridgehead atoms. The fourth-order valence-electron chi connectivity index (χ4n) is 3.55. The lowest BCUT2D eigenvalue weighted by Crippen LogP contribution is -2.43. The van der Waals surface area contributed by atoms with Gasteiger partial charge in [0.05, 0.1) is 6.04 Å². The number of carbonyl (C=O) groups is 1. The van der Waals surface area contributed by atoms with Crippen molar-refractivity contribution >= 4 is 23.0 Å². The van der Waals surface area contributed by atoms with Crippen molar-refractivity contribution in [1.82, 2.24) is 4.90 Å². The molecule has 0 aliphatic carbocycles. The molecular formula is C19H19NO2S.